The lowest BCUT2D eigenvalue weighted by atomic mass is 9.49. The zero-order chi connectivity index (χ0) is 41.6. The van der Waals surface area contributed by atoms with Crippen molar-refractivity contribution in [1.82, 2.24) is 9.80 Å². The SMILES string of the molecule is O=C1Nc2cc(OCCCCN3CCN(c4cccc5sccc45)CC3)ccc2C2C1C1c3ccc(OCCCCN4CCN(c5cccc6sccc56)CC4)cc3NC(=O)C21. The molecule has 4 aromatic carbocycles. The number of ether oxygens (including phenoxy) is 2. The van der Waals surface area contributed by atoms with Crippen molar-refractivity contribution in [3.63, 3.8) is 0 Å². The smallest absolute Gasteiger partial charge is 0.228 e. The monoisotopic (exact) mass is 866 g/mol. The van der Waals surface area contributed by atoms with Gasteiger partial charge in [0.25, 0.3) is 0 Å². The number of unbranched alkanes of at least 4 members (excludes halogenated alkanes) is 2. The highest BCUT2D eigenvalue weighted by Gasteiger charge is 2.62. The van der Waals surface area contributed by atoms with E-state index in [-0.39, 0.29) is 35.5 Å². The number of carbonyl (C=O) groups excluding carboxylic acids is 2. The van der Waals surface area contributed by atoms with Crippen LogP contribution in [0.15, 0.2) is 95.7 Å². The zero-order valence-electron chi connectivity index (χ0n) is 35.1. The minimum absolute atomic E-state index is 0.0183. The van der Waals surface area contributed by atoms with Crippen LogP contribution in [0.3, 0.4) is 0 Å². The van der Waals surface area contributed by atoms with Gasteiger partial charge >= 0.3 is 0 Å². The van der Waals surface area contributed by atoms with Gasteiger partial charge in [0, 0.05) is 119 Å². The number of amides is 2. The third-order valence-corrected chi connectivity index (χ3v) is 15.8. The van der Waals surface area contributed by atoms with Crippen molar-refractivity contribution in [1.29, 1.82) is 0 Å². The van der Waals surface area contributed by atoms with E-state index in [9.17, 15) is 9.59 Å². The van der Waals surface area contributed by atoms with Crippen LogP contribution in [-0.2, 0) is 9.59 Å². The Hall–Kier alpha value is -5.14. The van der Waals surface area contributed by atoms with Crippen molar-refractivity contribution in [2.24, 2.45) is 11.8 Å². The Labute approximate surface area is 371 Å². The number of nitrogens with one attached hydrogen (secondary N) is 2. The van der Waals surface area contributed by atoms with Gasteiger partial charge in [0.15, 0.2) is 0 Å². The minimum Gasteiger partial charge on any atom is -0.494 e. The predicted molar refractivity (Wildman–Crippen MR) is 253 cm³/mol. The minimum atomic E-state index is -0.284. The molecule has 0 unspecified atom stereocenters. The van der Waals surface area contributed by atoms with Crippen LogP contribution in [0.2, 0.25) is 0 Å². The molecule has 1 aliphatic carbocycles. The Morgan fingerprint density at radius 3 is 1.42 bits per heavy atom. The average Bonchev–Trinajstić information content (AvgIpc) is 3.98. The highest BCUT2D eigenvalue weighted by Crippen LogP contribution is 2.64. The largest absolute Gasteiger partial charge is 0.494 e. The Balaban J connectivity index is 0.624. The fourth-order valence-electron chi connectivity index (χ4n) is 10.8. The molecule has 320 valence electrons. The van der Waals surface area contributed by atoms with E-state index >= 15 is 0 Å². The molecule has 62 heavy (non-hydrogen) atoms. The summed E-state index contributed by atoms with van der Waals surface area (Å²) in [7, 11) is 0. The van der Waals surface area contributed by atoms with Crippen LogP contribution in [0, 0.1) is 11.8 Å². The number of hydrogen-bond acceptors (Lipinski definition) is 10. The van der Waals surface area contributed by atoms with Crippen LogP contribution in [0.4, 0.5) is 22.7 Å². The summed E-state index contributed by atoms with van der Waals surface area (Å²) in [6, 6.07) is 29.8. The Morgan fingerprint density at radius 2 is 0.968 bits per heavy atom. The van der Waals surface area contributed by atoms with Gasteiger partial charge in [-0.1, -0.05) is 24.3 Å². The summed E-state index contributed by atoms with van der Waals surface area (Å²) in [6.07, 6.45) is 4.08. The maximum absolute atomic E-state index is 13.7. The molecule has 0 atom stereocenters. The van der Waals surface area contributed by atoms with Crippen LogP contribution in [0.1, 0.15) is 48.6 Å². The van der Waals surface area contributed by atoms with Crippen LogP contribution >= 0.6 is 22.7 Å². The van der Waals surface area contributed by atoms with Gasteiger partial charge in [-0.2, -0.15) is 0 Å². The topological polar surface area (TPSA) is 89.6 Å². The van der Waals surface area contributed by atoms with Gasteiger partial charge < -0.3 is 29.9 Å². The molecule has 6 aromatic rings. The molecular weight excluding hydrogens is 813 g/mol. The third-order valence-electron chi connectivity index (χ3n) is 14.1. The van der Waals surface area contributed by atoms with E-state index in [1.54, 1.807) is 0 Å². The second-order valence-corrected chi connectivity index (χ2v) is 19.5. The summed E-state index contributed by atoms with van der Waals surface area (Å²) < 4.78 is 15.1. The second-order valence-electron chi connectivity index (χ2n) is 17.6. The van der Waals surface area contributed by atoms with Crippen LogP contribution in [0.5, 0.6) is 11.5 Å². The zero-order valence-corrected chi connectivity index (χ0v) is 36.7. The van der Waals surface area contributed by atoms with E-state index in [4.69, 9.17) is 9.47 Å². The standard InChI is InChI=1S/C50H54N6O4S2/c57-49-47-45(35-13-11-33(31-39(35)51-49)59-27-3-1-17-53-19-23-55(24-20-53)41-7-5-9-43-37(41)15-29-61-43)48-46(47)36-14-12-34(32-40(36)52-50(48)58)60-28-4-2-18-54-21-25-56(26-22-54)42-8-6-10-44-38(42)16-30-62-44/h5-16,29-32,45-48H,1-4,17-28H2,(H,51,57)(H,52,58). The van der Waals surface area contributed by atoms with E-state index in [1.807, 2.05) is 46.9 Å². The first-order chi connectivity index (χ1) is 30.6. The van der Waals surface area contributed by atoms with Crippen LogP contribution in [0.25, 0.3) is 20.2 Å². The number of carbonyl (C=O) groups is 2. The molecule has 11 rings (SSSR count). The summed E-state index contributed by atoms with van der Waals surface area (Å²) >= 11 is 3.62. The summed E-state index contributed by atoms with van der Waals surface area (Å²) in [4.78, 5) is 37.5. The van der Waals surface area contributed by atoms with Crippen molar-refractivity contribution < 1.29 is 19.1 Å². The molecule has 5 aliphatic rings. The molecule has 0 bridgehead atoms. The van der Waals surface area contributed by atoms with E-state index in [0.29, 0.717) is 13.2 Å². The Bertz CT molecular complexity index is 2410. The summed E-state index contributed by atoms with van der Waals surface area (Å²) in [5.41, 5.74) is 6.29. The van der Waals surface area contributed by atoms with Crippen LogP contribution < -0.4 is 29.9 Å². The first-order valence-electron chi connectivity index (χ1n) is 22.6. The van der Waals surface area contributed by atoms with Crippen molar-refractivity contribution in [3.05, 3.63) is 107 Å². The molecule has 10 nitrogen and oxygen atoms in total. The maximum Gasteiger partial charge on any atom is 0.228 e. The molecule has 2 aromatic heterocycles. The number of thiophene rings is 2. The van der Waals surface area contributed by atoms with E-state index in [0.717, 1.165) is 125 Å². The number of hydrogen-bond donors (Lipinski definition) is 2. The summed E-state index contributed by atoms with van der Waals surface area (Å²) in [5.74, 6) is 0.591. The lowest BCUT2D eigenvalue weighted by Gasteiger charge is -2.55. The van der Waals surface area contributed by atoms with Gasteiger partial charge in [-0.05, 0) is 109 Å². The average molecular weight is 867 g/mol. The van der Waals surface area contributed by atoms with Gasteiger partial charge in [-0.15, -0.1) is 22.7 Å². The molecule has 2 N–H and O–H groups in total. The first-order valence-corrected chi connectivity index (χ1v) is 24.3. The first kappa shape index (κ1) is 39.7. The lowest BCUT2D eigenvalue weighted by Crippen LogP contribution is -2.57. The van der Waals surface area contributed by atoms with Gasteiger partial charge in [0.1, 0.15) is 11.5 Å². The molecule has 3 fully saturated rings. The number of benzene rings is 4. The van der Waals surface area contributed by atoms with E-state index < -0.39 is 0 Å². The molecule has 2 amide bonds. The van der Waals surface area contributed by atoms with Crippen molar-refractivity contribution in [3.8, 4) is 11.5 Å². The van der Waals surface area contributed by atoms with E-state index in [2.05, 4.69) is 102 Å². The molecule has 1 saturated carbocycles. The number of fused-ring (bicyclic) bond motifs is 10. The molecule has 6 heterocycles. The molecule has 0 spiro atoms. The predicted octanol–water partition coefficient (Wildman–Crippen LogP) is 9.10. The molecule has 0 radical (unpaired) electrons. The van der Waals surface area contributed by atoms with Gasteiger partial charge in [0.2, 0.25) is 11.8 Å². The maximum atomic E-state index is 13.7. The fourth-order valence-corrected chi connectivity index (χ4v) is 12.5. The number of anilines is 4. The summed E-state index contributed by atoms with van der Waals surface area (Å²) in [5, 5.41) is 13.5. The van der Waals surface area contributed by atoms with Crippen molar-refractivity contribution in [2.45, 2.75) is 37.5 Å². The molecule has 12 heteroatoms. The highest BCUT2D eigenvalue weighted by molar-refractivity contribution is 7.17. The van der Waals surface area contributed by atoms with E-state index in [1.165, 1.54) is 31.5 Å². The Kier molecular flexibility index (Phi) is 11.0. The number of nitrogens with zero attached hydrogens (tertiary/aromatic N) is 4. The van der Waals surface area contributed by atoms with Gasteiger partial charge in [-0.3, -0.25) is 19.4 Å². The van der Waals surface area contributed by atoms with Gasteiger partial charge in [-0.25, -0.2) is 0 Å². The molecule has 2 saturated heterocycles. The van der Waals surface area contributed by atoms with Crippen molar-refractivity contribution in [2.75, 3.05) is 99.1 Å². The Morgan fingerprint density at radius 1 is 0.516 bits per heavy atom. The van der Waals surface area contributed by atoms with Crippen LogP contribution in [-0.4, -0.2) is 100 Å². The number of piperazine rings is 2. The normalized spacial score (nSPS) is 22.3. The third kappa shape index (κ3) is 7.58. The van der Waals surface area contributed by atoms with Crippen molar-refractivity contribution >= 4 is 77.4 Å². The quantitative estimate of drug-likeness (QED) is 0.105. The summed E-state index contributed by atoms with van der Waals surface area (Å²) in [6.45, 7) is 11.9. The number of rotatable bonds is 14. The fraction of sp³-hybridized carbons (Fsp3) is 0.400. The second kappa shape index (κ2) is 17.2. The van der Waals surface area contributed by atoms with Gasteiger partial charge in [0.05, 0.1) is 25.0 Å². The molecular formula is C50H54N6O4S2. The lowest BCUT2D eigenvalue weighted by molar-refractivity contribution is -0.136. The molecule has 4 aliphatic heterocycles. The highest BCUT2D eigenvalue weighted by atomic mass is 32.1.